The van der Waals surface area contributed by atoms with Gasteiger partial charge in [-0.1, -0.05) is 18.2 Å². The number of rotatable bonds is 4. The van der Waals surface area contributed by atoms with Gasteiger partial charge in [0.25, 0.3) is 0 Å². The molecule has 1 rings (SSSR count). The van der Waals surface area contributed by atoms with E-state index in [4.69, 9.17) is 16.3 Å². The number of hydrazone groups is 1. The number of guanidine groups is 1. The van der Waals surface area contributed by atoms with E-state index in [9.17, 15) is 0 Å². The number of para-hydroxylation sites is 1. The molecule has 82 valence electrons. The smallest absolute Gasteiger partial charge is 0.219 e. The highest BCUT2D eigenvalue weighted by atomic mass is 16.5. The molecule has 0 radical (unpaired) electrons. The monoisotopic (exact) mass is 208 g/mol. The normalized spacial score (nSPS) is 11.4. The van der Waals surface area contributed by atoms with Crippen LogP contribution in [0.4, 0.5) is 5.69 Å². The number of anilines is 1. The molecule has 0 unspecified atom stereocenters. The zero-order valence-electron chi connectivity index (χ0n) is 8.76. The van der Waals surface area contributed by atoms with Crippen LogP contribution >= 0.6 is 0 Å². The van der Waals surface area contributed by atoms with Crippen molar-refractivity contribution in [2.45, 2.75) is 6.92 Å². The van der Waals surface area contributed by atoms with Crippen molar-refractivity contribution in [3.05, 3.63) is 30.3 Å². The fourth-order valence-electron chi connectivity index (χ4n) is 1.13. The molecule has 0 heterocycles. The lowest BCUT2D eigenvalue weighted by molar-refractivity contribution is 0.156. The van der Waals surface area contributed by atoms with Gasteiger partial charge in [0.1, 0.15) is 6.73 Å². The number of nitrogens with zero attached hydrogens (tertiary/aromatic N) is 2. The summed E-state index contributed by atoms with van der Waals surface area (Å²) in [5.41, 5.74) is 6.56. The number of hydrogen-bond acceptors (Lipinski definition) is 3. The first-order valence-electron chi connectivity index (χ1n) is 4.73. The second-order valence-electron chi connectivity index (χ2n) is 2.87. The van der Waals surface area contributed by atoms with Gasteiger partial charge in [-0.15, -0.1) is 5.10 Å². The summed E-state index contributed by atoms with van der Waals surface area (Å²) in [4.78, 5) is 1.70. The minimum absolute atomic E-state index is 0.231. The van der Waals surface area contributed by atoms with Gasteiger partial charge in [-0.3, -0.25) is 4.90 Å². The molecule has 0 saturated carbocycles. The van der Waals surface area contributed by atoms with Crippen LogP contribution in [0.15, 0.2) is 35.4 Å². The first kappa shape index (κ1) is 11.3. The highest BCUT2D eigenvalue weighted by Gasteiger charge is 2.09. The van der Waals surface area contributed by atoms with Gasteiger partial charge in [-0.05, 0) is 19.1 Å². The molecule has 15 heavy (non-hydrogen) atoms. The van der Waals surface area contributed by atoms with Crippen LogP contribution in [0.25, 0.3) is 0 Å². The van der Waals surface area contributed by atoms with Gasteiger partial charge >= 0.3 is 0 Å². The van der Waals surface area contributed by atoms with Crippen LogP contribution in [0.2, 0.25) is 0 Å². The number of nitrogens with two attached hydrogens (primary N) is 2. The molecular weight excluding hydrogens is 192 g/mol. The number of benzene rings is 1. The SMILES string of the molecule is CCOCN(/C(N)=N/N)c1ccccc1. The molecule has 4 N–H and O–H groups in total. The number of hydrogen-bond donors (Lipinski definition) is 2. The van der Waals surface area contributed by atoms with Crippen molar-refractivity contribution in [3.8, 4) is 0 Å². The molecule has 0 aliphatic heterocycles. The Bertz CT molecular complexity index is 312. The molecule has 5 heteroatoms. The molecule has 0 spiro atoms. The molecule has 1 aromatic rings. The minimum atomic E-state index is 0.231. The van der Waals surface area contributed by atoms with Crippen molar-refractivity contribution in [1.82, 2.24) is 0 Å². The van der Waals surface area contributed by atoms with E-state index >= 15 is 0 Å². The summed E-state index contributed by atoms with van der Waals surface area (Å²) < 4.78 is 5.28. The van der Waals surface area contributed by atoms with E-state index in [1.54, 1.807) is 4.90 Å². The second kappa shape index (κ2) is 5.87. The van der Waals surface area contributed by atoms with Crippen LogP contribution in [0, 0.1) is 0 Å². The maximum atomic E-state index is 5.66. The van der Waals surface area contributed by atoms with Crippen molar-refractivity contribution in [2.75, 3.05) is 18.2 Å². The average Bonchev–Trinajstić information content (AvgIpc) is 2.30. The zero-order valence-corrected chi connectivity index (χ0v) is 8.76. The van der Waals surface area contributed by atoms with Crippen molar-refractivity contribution < 1.29 is 4.74 Å². The second-order valence-corrected chi connectivity index (χ2v) is 2.87. The summed E-state index contributed by atoms with van der Waals surface area (Å²) >= 11 is 0. The maximum absolute atomic E-state index is 5.66. The summed E-state index contributed by atoms with van der Waals surface area (Å²) in [5.74, 6) is 5.38. The van der Waals surface area contributed by atoms with Gasteiger partial charge in [0.2, 0.25) is 5.96 Å². The minimum Gasteiger partial charge on any atom is -0.368 e. The maximum Gasteiger partial charge on any atom is 0.219 e. The van der Waals surface area contributed by atoms with Crippen molar-refractivity contribution in [3.63, 3.8) is 0 Å². The number of ether oxygens (including phenoxy) is 1. The lowest BCUT2D eigenvalue weighted by atomic mass is 10.3. The van der Waals surface area contributed by atoms with Crippen molar-refractivity contribution in [1.29, 1.82) is 0 Å². The predicted octanol–water partition coefficient (Wildman–Crippen LogP) is 0.675. The van der Waals surface area contributed by atoms with Crippen LogP contribution in [0.3, 0.4) is 0 Å². The third kappa shape index (κ3) is 3.14. The Balaban J connectivity index is 2.81. The molecule has 0 saturated heterocycles. The zero-order chi connectivity index (χ0) is 11.1. The molecule has 0 amide bonds. The van der Waals surface area contributed by atoms with Crippen LogP contribution in [-0.2, 0) is 4.74 Å². The van der Waals surface area contributed by atoms with E-state index in [0.717, 1.165) is 5.69 Å². The fourth-order valence-corrected chi connectivity index (χ4v) is 1.13. The van der Waals surface area contributed by atoms with E-state index in [-0.39, 0.29) is 5.96 Å². The summed E-state index contributed by atoms with van der Waals surface area (Å²) in [6.45, 7) is 2.87. The Hall–Kier alpha value is -1.75. The quantitative estimate of drug-likeness (QED) is 0.251. The molecule has 0 aliphatic carbocycles. The topological polar surface area (TPSA) is 76.9 Å². The Kier molecular flexibility index (Phi) is 4.43. The molecule has 1 aromatic carbocycles. The van der Waals surface area contributed by atoms with Crippen LogP contribution in [0.1, 0.15) is 6.92 Å². The average molecular weight is 208 g/mol. The molecule has 5 nitrogen and oxygen atoms in total. The third-order valence-electron chi connectivity index (χ3n) is 1.90. The van der Waals surface area contributed by atoms with E-state index in [1.165, 1.54) is 0 Å². The Morgan fingerprint density at radius 3 is 2.60 bits per heavy atom. The third-order valence-corrected chi connectivity index (χ3v) is 1.90. The van der Waals surface area contributed by atoms with Crippen LogP contribution < -0.4 is 16.5 Å². The van der Waals surface area contributed by atoms with Gasteiger partial charge in [-0.25, -0.2) is 0 Å². The van der Waals surface area contributed by atoms with E-state index in [2.05, 4.69) is 5.10 Å². The van der Waals surface area contributed by atoms with Gasteiger partial charge in [-0.2, -0.15) is 0 Å². The highest BCUT2D eigenvalue weighted by molar-refractivity contribution is 5.94. The summed E-state index contributed by atoms with van der Waals surface area (Å²) in [6, 6.07) is 9.59. The van der Waals surface area contributed by atoms with Crippen molar-refractivity contribution >= 4 is 11.6 Å². The van der Waals surface area contributed by atoms with E-state index in [1.807, 2.05) is 37.3 Å². The largest absolute Gasteiger partial charge is 0.368 e. The van der Waals surface area contributed by atoms with Gasteiger partial charge in [0.15, 0.2) is 0 Å². The standard InChI is InChI=1S/C10H16N4O/c1-2-15-8-14(10(11)13-12)9-6-4-3-5-7-9/h3-7H,2,8,12H2,1H3,(H2,11,13). The molecule has 0 atom stereocenters. The lowest BCUT2D eigenvalue weighted by Gasteiger charge is -2.22. The first-order valence-corrected chi connectivity index (χ1v) is 4.73. The highest BCUT2D eigenvalue weighted by Crippen LogP contribution is 2.12. The summed E-state index contributed by atoms with van der Waals surface area (Å²) in [7, 11) is 0. The van der Waals surface area contributed by atoms with E-state index in [0.29, 0.717) is 13.3 Å². The lowest BCUT2D eigenvalue weighted by Crippen LogP contribution is -2.39. The van der Waals surface area contributed by atoms with Crippen LogP contribution in [-0.4, -0.2) is 19.3 Å². The van der Waals surface area contributed by atoms with Crippen LogP contribution in [0.5, 0.6) is 0 Å². The molecule has 0 aromatic heterocycles. The molecule has 0 bridgehead atoms. The molecular formula is C10H16N4O. The van der Waals surface area contributed by atoms with Gasteiger partial charge in [0, 0.05) is 12.3 Å². The van der Waals surface area contributed by atoms with Crippen molar-refractivity contribution in [2.24, 2.45) is 16.7 Å². The molecule has 0 aliphatic rings. The Morgan fingerprint density at radius 1 is 1.40 bits per heavy atom. The summed E-state index contributed by atoms with van der Waals surface area (Å²) in [5, 5.41) is 3.46. The Labute approximate surface area is 89.3 Å². The summed E-state index contributed by atoms with van der Waals surface area (Å²) in [6.07, 6.45) is 0. The molecule has 0 fully saturated rings. The van der Waals surface area contributed by atoms with Gasteiger partial charge < -0.3 is 16.3 Å². The first-order chi connectivity index (χ1) is 7.29. The van der Waals surface area contributed by atoms with E-state index < -0.39 is 0 Å². The van der Waals surface area contributed by atoms with Gasteiger partial charge in [0.05, 0.1) is 0 Å². The predicted molar refractivity (Wildman–Crippen MR) is 61.2 cm³/mol. The fraction of sp³-hybridized carbons (Fsp3) is 0.300. The Morgan fingerprint density at radius 2 is 2.07 bits per heavy atom.